The van der Waals surface area contributed by atoms with Gasteiger partial charge in [-0.25, -0.2) is 4.98 Å². The molecule has 0 atom stereocenters. The smallest absolute Gasteiger partial charge is 0.222 e. The molecule has 2 aromatic heterocycles. The molecule has 0 saturated carbocycles. The van der Waals surface area contributed by atoms with Crippen molar-refractivity contribution in [3.05, 3.63) is 58.9 Å². The van der Waals surface area contributed by atoms with Crippen molar-refractivity contribution >= 4 is 23.1 Å². The number of anilines is 1. The van der Waals surface area contributed by atoms with Gasteiger partial charge in [0, 0.05) is 24.2 Å². The second-order valence-corrected chi connectivity index (χ2v) is 7.39. The summed E-state index contributed by atoms with van der Waals surface area (Å²) in [6, 6.07) is 12.2. The molecule has 5 heteroatoms. The van der Waals surface area contributed by atoms with Crippen LogP contribution in [0.2, 0.25) is 0 Å². The minimum absolute atomic E-state index is 0.133. The van der Waals surface area contributed by atoms with Crippen LogP contribution in [0.5, 0.6) is 0 Å². The van der Waals surface area contributed by atoms with Crippen molar-refractivity contribution < 1.29 is 4.79 Å². The molecule has 3 N–H and O–H groups in total. The van der Waals surface area contributed by atoms with E-state index in [1.165, 1.54) is 6.92 Å². The number of carbonyl (C=O) groups is 1. The van der Waals surface area contributed by atoms with Crippen LogP contribution in [0, 0.1) is 0 Å². The Hall–Kier alpha value is -2.50. The zero-order valence-corrected chi connectivity index (χ0v) is 15.4. The van der Waals surface area contributed by atoms with Gasteiger partial charge in [-0.1, -0.05) is 24.3 Å². The monoisotopic (exact) mass is 351 g/mol. The summed E-state index contributed by atoms with van der Waals surface area (Å²) >= 11 is 1.64. The van der Waals surface area contributed by atoms with Crippen LogP contribution >= 0.6 is 11.3 Å². The number of pyridine rings is 1. The maximum atomic E-state index is 11.3. The maximum absolute atomic E-state index is 11.3. The number of carbonyl (C=O) groups excluding carboxylic acids is 1. The summed E-state index contributed by atoms with van der Waals surface area (Å²) in [5.74, 6) is 0.420. The molecular formula is C20H21N3OS. The van der Waals surface area contributed by atoms with Gasteiger partial charge in [0.05, 0.1) is 0 Å². The Morgan fingerprint density at radius 1 is 1.12 bits per heavy atom. The zero-order chi connectivity index (χ0) is 18.0. The fourth-order valence-electron chi connectivity index (χ4n) is 2.67. The van der Waals surface area contributed by atoms with Gasteiger partial charge in [-0.15, -0.1) is 0 Å². The lowest BCUT2D eigenvalue weighted by atomic mass is 9.92. The molecule has 0 aliphatic rings. The maximum Gasteiger partial charge on any atom is 0.222 e. The molecule has 0 aliphatic heterocycles. The number of amides is 1. The Labute approximate surface area is 151 Å². The lowest BCUT2D eigenvalue weighted by Crippen LogP contribution is -2.28. The molecule has 3 rings (SSSR count). The number of nitrogens with two attached hydrogens (primary N) is 1. The van der Waals surface area contributed by atoms with E-state index < -0.39 is 0 Å². The summed E-state index contributed by atoms with van der Waals surface area (Å²) in [4.78, 5) is 15.7. The molecule has 0 aliphatic carbocycles. The highest BCUT2D eigenvalue weighted by atomic mass is 32.1. The first-order valence-corrected chi connectivity index (χ1v) is 8.99. The molecule has 25 heavy (non-hydrogen) atoms. The molecule has 0 saturated heterocycles. The van der Waals surface area contributed by atoms with Crippen molar-refractivity contribution in [2.45, 2.75) is 26.3 Å². The molecule has 4 nitrogen and oxygen atoms in total. The first kappa shape index (κ1) is 17.3. The van der Waals surface area contributed by atoms with Gasteiger partial charge in [0.25, 0.3) is 0 Å². The summed E-state index contributed by atoms with van der Waals surface area (Å²) in [5, 5.41) is 6.88. The molecule has 1 amide bonds. The number of benzene rings is 1. The third-order valence-electron chi connectivity index (χ3n) is 3.98. The van der Waals surface area contributed by atoms with E-state index in [4.69, 9.17) is 5.73 Å². The fraction of sp³-hybridized carbons (Fsp3) is 0.200. The number of hydrogen-bond acceptors (Lipinski definition) is 4. The van der Waals surface area contributed by atoms with Crippen LogP contribution in [0.3, 0.4) is 0 Å². The summed E-state index contributed by atoms with van der Waals surface area (Å²) in [6.45, 7) is 5.46. The predicted octanol–water partition coefficient (Wildman–Crippen LogP) is 4.63. The zero-order valence-electron chi connectivity index (χ0n) is 14.5. The Kier molecular flexibility index (Phi) is 4.70. The van der Waals surface area contributed by atoms with Crippen molar-refractivity contribution in [1.29, 1.82) is 0 Å². The van der Waals surface area contributed by atoms with Gasteiger partial charge in [-0.3, -0.25) is 4.79 Å². The topological polar surface area (TPSA) is 68.0 Å². The molecule has 0 spiro atoms. The van der Waals surface area contributed by atoms with Crippen molar-refractivity contribution in [3.63, 3.8) is 0 Å². The van der Waals surface area contributed by atoms with Gasteiger partial charge in [0.15, 0.2) is 0 Å². The summed E-state index contributed by atoms with van der Waals surface area (Å²) in [6.07, 6.45) is 1.81. The van der Waals surface area contributed by atoms with Crippen LogP contribution < -0.4 is 11.1 Å². The SMILES string of the molecule is CC(=O)Nc1cc(-c2ccsc2)c(-c2ccc(C(C)(C)N)cc2)cn1. The van der Waals surface area contributed by atoms with Crippen LogP contribution in [-0.4, -0.2) is 10.9 Å². The lowest BCUT2D eigenvalue weighted by Gasteiger charge is -2.19. The van der Waals surface area contributed by atoms with Crippen LogP contribution in [0.1, 0.15) is 26.3 Å². The first-order chi connectivity index (χ1) is 11.8. The van der Waals surface area contributed by atoms with Crippen molar-refractivity contribution in [1.82, 2.24) is 4.98 Å². The normalized spacial score (nSPS) is 11.4. The Bertz CT molecular complexity index is 878. The first-order valence-electron chi connectivity index (χ1n) is 8.04. The molecular weight excluding hydrogens is 330 g/mol. The van der Waals surface area contributed by atoms with E-state index in [0.717, 1.165) is 27.8 Å². The molecule has 2 heterocycles. The van der Waals surface area contributed by atoms with Gasteiger partial charge in [0.1, 0.15) is 5.82 Å². The van der Waals surface area contributed by atoms with Crippen LogP contribution in [0.15, 0.2) is 53.4 Å². The molecule has 3 aromatic rings. The van der Waals surface area contributed by atoms with Gasteiger partial charge < -0.3 is 11.1 Å². The van der Waals surface area contributed by atoms with Crippen molar-refractivity contribution in [3.8, 4) is 22.3 Å². The molecule has 0 fully saturated rings. The summed E-state index contributed by atoms with van der Waals surface area (Å²) in [5.41, 5.74) is 11.1. The molecule has 1 aromatic carbocycles. The Balaban J connectivity index is 2.07. The third kappa shape index (κ3) is 3.95. The molecule has 0 unspecified atom stereocenters. The number of hydrogen-bond donors (Lipinski definition) is 2. The highest BCUT2D eigenvalue weighted by molar-refractivity contribution is 7.08. The number of nitrogens with zero attached hydrogens (tertiary/aromatic N) is 1. The van der Waals surface area contributed by atoms with Crippen molar-refractivity contribution in [2.75, 3.05) is 5.32 Å². The number of rotatable bonds is 4. The van der Waals surface area contributed by atoms with Crippen LogP contribution in [-0.2, 0) is 10.3 Å². The molecule has 0 radical (unpaired) electrons. The minimum Gasteiger partial charge on any atom is -0.322 e. The van der Waals surface area contributed by atoms with Crippen LogP contribution in [0.25, 0.3) is 22.3 Å². The van der Waals surface area contributed by atoms with E-state index in [-0.39, 0.29) is 11.4 Å². The lowest BCUT2D eigenvalue weighted by molar-refractivity contribution is -0.114. The van der Waals surface area contributed by atoms with Gasteiger partial charge in [-0.2, -0.15) is 11.3 Å². The highest BCUT2D eigenvalue weighted by Gasteiger charge is 2.15. The number of aromatic nitrogens is 1. The van der Waals surface area contributed by atoms with Gasteiger partial charge in [-0.05, 0) is 59.0 Å². The minimum atomic E-state index is -0.373. The second-order valence-electron chi connectivity index (χ2n) is 6.61. The largest absolute Gasteiger partial charge is 0.322 e. The van der Waals surface area contributed by atoms with E-state index in [1.54, 1.807) is 17.5 Å². The Morgan fingerprint density at radius 3 is 2.40 bits per heavy atom. The summed E-state index contributed by atoms with van der Waals surface area (Å²) in [7, 11) is 0. The standard InChI is InChI=1S/C20H21N3OS/c1-13(24)23-19-10-17(15-8-9-25-12-15)18(11-22-19)14-4-6-16(7-5-14)20(2,3)21/h4-12H,21H2,1-3H3,(H,22,23,24). The average molecular weight is 351 g/mol. The highest BCUT2D eigenvalue weighted by Crippen LogP contribution is 2.35. The molecule has 0 bridgehead atoms. The quantitative estimate of drug-likeness (QED) is 0.720. The number of thiophene rings is 1. The van der Waals surface area contributed by atoms with Crippen LogP contribution in [0.4, 0.5) is 5.82 Å². The van der Waals surface area contributed by atoms with Gasteiger partial charge >= 0.3 is 0 Å². The van der Waals surface area contributed by atoms with E-state index >= 15 is 0 Å². The van der Waals surface area contributed by atoms with Gasteiger partial charge in [0.2, 0.25) is 5.91 Å². The van der Waals surface area contributed by atoms with E-state index in [2.05, 4.69) is 46.0 Å². The van der Waals surface area contributed by atoms with E-state index in [0.29, 0.717) is 5.82 Å². The molecule has 128 valence electrons. The van der Waals surface area contributed by atoms with E-state index in [1.807, 2.05) is 25.3 Å². The van der Waals surface area contributed by atoms with E-state index in [9.17, 15) is 4.79 Å². The van der Waals surface area contributed by atoms with Crippen molar-refractivity contribution in [2.24, 2.45) is 5.73 Å². The Morgan fingerprint density at radius 2 is 1.84 bits per heavy atom. The third-order valence-corrected chi connectivity index (χ3v) is 4.66. The fourth-order valence-corrected chi connectivity index (χ4v) is 3.33. The number of nitrogens with one attached hydrogen (secondary N) is 1. The predicted molar refractivity (Wildman–Crippen MR) is 105 cm³/mol. The second kappa shape index (κ2) is 6.78. The summed E-state index contributed by atoms with van der Waals surface area (Å²) < 4.78 is 0. The average Bonchev–Trinajstić information content (AvgIpc) is 3.08.